The third-order valence-corrected chi connectivity index (χ3v) is 34.5. The van der Waals surface area contributed by atoms with Gasteiger partial charge in [0.15, 0.2) is 28.5 Å². The quantitative estimate of drug-likeness (QED) is 0.0501. The third kappa shape index (κ3) is 26.6. The molecule has 0 spiro atoms. The Hall–Kier alpha value is -8.56. The number of hydrogen-bond donors (Lipinski definition) is 1. The van der Waals surface area contributed by atoms with E-state index < -0.39 is 0 Å². The second-order valence-electron chi connectivity index (χ2n) is 44.4. The lowest BCUT2D eigenvalue weighted by Crippen LogP contribution is -2.51. The number of aryl methyl sites for hydroxylation is 6. The van der Waals surface area contributed by atoms with Gasteiger partial charge in [-0.05, 0) is 320 Å². The van der Waals surface area contributed by atoms with Crippen LogP contribution in [0.25, 0.3) is 0 Å². The molecule has 9 saturated heterocycles. The number of pyridine rings is 1. The Morgan fingerprint density at radius 2 is 0.694 bits per heavy atom. The zero-order valence-electron chi connectivity index (χ0n) is 89.6. The van der Waals surface area contributed by atoms with E-state index in [0.29, 0.717) is 42.2 Å². The number of carbonyl (C=O) groups is 5. The van der Waals surface area contributed by atoms with E-state index in [4.69, 9.17) is 35.0 Å². The number of H-pyrrole nitrogens is 1. The summed E-state index contributed by atoms with van der Waals surface area (Å²) in [4.78, 5) is 103. The SMILES string of the molecule is CCCn1nc(C(=O)N2CCCCC2)c2c1CCC(CCCc1cnc[nH]1)C2.CCCn1nc(C(=O)N2CCCCC2)c2c1CCC(N1CCC(N(C)C)CC1)C2.CCCn1nc(C(=O)N2CCCCC2)c2c1CCC(N1CCC(OC)CC1)C2.CCCn1nc(C(=O)N2CCCCC2)c2c1CCC(N1CCN(Cc3ccncc3)CC1)C2.CCCn1nc(C(=O)N2CCCCC2)c2c1CCC(N1CCOCC1)C2. The number of morpholine rings is 1. The molecule has 31 nitrogen and oxygen atoms in total. The molecule has 7 aromatic rings. The Kier molecular flexibility index (Phi) is 39.3. The van der Waals surface area contributed by atoms with Crippen molar-refractivity contribution in [3.63, 3.8) is 0 Å². The van der Waals surface area contributed by atoms with E-state index in [1.165, 1.54) is 171 Å². The monoisotopic (exact) mass is 1980 g/mol. The van der Waals surface area contributed by atoms with E-state index in [1.807, 2.05) is 45.3 Å². The number of amides is 5. The molecular weight excluding hydrogens is 1810 g/mol. The third-order valence-electron chi connectivity index (χ3n) is 34.5. The van der Waals surface area contributed by atoms with E-state index in [-0.39, 0.29) is 29.5 Å². The second kappa shape index (κ2) is 53.0. The van der Waals surface area contributed by atoms with Crippen LogP contribution in [0, 0.1) is 5.92 Å². The number of hydrogen-bond acceptors (Lipinski definition) is 20. The van der Waals surface area contributed by atoms with Gasteiger partial charge in [0.2, 0.25) is 0 Å². The van der Waals surface area contributed by atoms with Crippen LogP contribution in [0.1, 0.15) is 354 Å². The molecule has 0 saturated carbocycles. The van der Waals surface area contributed by atoms with Crippen LogP contribution < -0.4 is 0 Å². The van der Waals surface area contributed by atoms with Crippen LogP contribution in [-0.2, 0) is 119 Å². The summed E-state index contributed by atoms with van der Waals surface area (Å²) in [5, 5.41) is 24.3. The molecule has 5 amide bonds. The molecule has 144 heavy (non-hydrogen) atoms. The number of piperazine rings is 1. The summed E-state index contributed by atoms with van der Waals surface area (Å²) in [5.41, 5.74) is 19.2. The van der Waals surface area contributed by atoms with Crippen molar-refractivity contribution in [3.8, 4) is 0 Å². The highest BCUT2D eigenvalue weighted by atomic mass is 16.5. The lowest BCUT2D eigenvalue weighted by molar-refractivity contribution is 0.0135. The molecular formula is C113H178N24O7. The molecule has 31 heteroatoms. The van der Waals surface area contributed by atoms with Crippen molar-refractivity contribution < 1.29 is 33.4 Å². The molecule has 7 aromatic heterocycles. The Labute approximate surface area is 860 Å². The van der Waals surface area contributed by atoms with E-state index in [0.717, 1.165) is 379 Å². The number of fused-ring (bicyclic) bond motifs is 5. The average Bonchev–Trinajstić information content (AvgIpc) is 1.63. The van der Waals surface area contributed by atoms with Crippen LogP contribution in [0.15, 0.2) is 37.1 Å². The van der Waals surface area contributed by atoms with Gasteiger partial charge in [0, 0.05) is 275 Å². The minimum atomic E-state index is 0.165. The number of piperidine rings is 7. The molecule has 0 bridgehead atoms. The van der Waals surface area contributed by atoms with Crippen LogP contribution in [-0.4, -0.2) is 349 Å². The van der Waals surface area contributed by atoms with E-state index in [1.54, 1.807) is 6.33 Å². The van der Waals surface area contributed by atoms with Gasteiger partial charge >= 0.3 is 0 Å². The van der Waals surface area contributed by atoms with Crippen LogP contribution >= 0.6 is 0 Å². The Bertz CT molecular complexity index is 5170. The highest BCUT2D eigenvalue weighted by Crippen LogP contribution is 2.39. The van der Waals surface area contributed by atoms with E-state index >= 15 is 0 Å². The molecule has 5 aliphatic carbocycles. The summed E-state index contributed by atoms with van der Waals surface area (Å²) in [6.45, 7) is 38.1. The number of ether oxygens (including phenoxy) is 2. The van der Waals surface area contributed by atoms with Crippen molar-refractivity contribution in [3.05, 3.63) is 133 Å². The number of imidazole rings is 1. The minimum Gasteiger partial charge on any atom is -0.381 e. The molecule has 1 N–H and O–H groups in total. The van der Waals surface area contributed by atoms with Crippen molar-refractivity contribution in [1.82, 2.24) is 118 Å². The normalized spacial score (nSPS) is 23.0. The molecule has 792 valence electrons. The number of nitrogens with zero attached hydrogens (tertiary/aromatic N) is 23. The number of methoxy groups -OCH3 is 1. The zero-order chi connectivity index (χ0) is 99.8. The van der Waals surface area contributed by atoms with Crippen LogP contribution in [0.3, 0.4) is 0 Å². The van der Waals surface area contributed by atoms with Crippen LogP contribution in [0.2, 0.25) is 0 Å². The van der Waals surface area contributed by atoms with Gasteiger partial charge < -0.3 is 43.9 Å². The number of aromatic amines is 1. The molecule has 9 aliphatic heterocycles. The minimum absolute atomic E-state index is 0.165. The summed E-state index contributed by atoms with van der Waals surface area (Å²) in [6.07, 6.45) is 54.9. The van der Waals surface area contributed by atoms with Crippen LogP contribution in [0.4, 0.5) is 0 Å². The predicted molar refractivity (Wildman–Crippen MR) is 565 cm³/mol. The standard InChI is InChI=1S/C26H38N6O.C23H39N5O.C22H33N5O.C22H36N4O2.C20H32N4O2/c1-2-12-32-24-7-6-22(19-23(24)25(28-32)26(33)31-13-4-3-5-14-31)30-17-15-29(16-18-30)20-21-8-10-27-11-9-21;1-4-12-28-21-9-8-19(26-15-10-18(11-16-26)25(2)3)17-20(21)22(24-28)23(29)27-13-6-5-7-14-27;1-2-11-27-20-10-9-17(7-6-8-18-15-23-16-24-18)14-19(20)21(25-27)22(28)26-12-4-3-5-13-26;1-3-11-26-20-8-7-17(24-14-9-18(28-2)10-15-24)16-19(20)21(23-26)22(27)25-12-5-4-6-13-25;1-2-8-24-18-7-6-16(22-11-13-26-14-12-22)15-17(18)19(21-24)20(25)23-9-4-3-5-10-23/h8-11,22H,2-7,12-20H2,1H3;18-19H,4-17H2,1-3H3;15-17H,2-14H2,1H3,(H,23,24);17-18H,3-16H2,1-2H3;16H,2-15H2,1H3. The maximum atomic E-state index is 13.4. The molecule has 9 fully saturated rings. The van der Waals surface area contributed by atoms with E-state index in [2.05, 4.69) is 134 Å². The largest absolute Gasteiger partial charge is 0.381 e. The van der Waals surface area contributed by atoms with Crippen molar-refractivity contribution in [2.24, 2.45) is 5.92 Å². The highest BCUT2D eigenvalue weighted by Gasteiger charge is 2.42. The molecule has 14 aliphatic rings. The number of aromatic nitrogens is 13. The fraction of sp³-hybridized carbons (Fsp3) is 0.752. The van der Waals surface area contributed by atoms with Gasteiger partial charge in [0.25, 0.3) is 29.5 Å². The van der Waals surface area contributed by atoms with Crippen molar-refractivity contribution in [2.45, 2.75) is 380 Å². The van der Waals surface area contributed by atoms with E-state index in [9.17, 15) is 24.0 Å². The number of nitrogens with one attached hydrogen (secondary N) is 1. The van der Waals surface area contributed by atoms with Gasteiger partial charge in [-0.15, -0.1) is 0 Å². The summed E-state index contributed by atoms with van der Waals surface area (Å²) >= 11 is 0. The van der Waals surface area contributed by atoms with Gasteiger partial charge in [0.05, 0.1) is 25.6 Å². The molecule has 5 atom stereocenters. The Morgan fingerprint density at radius 3 is 1.01 bits per heavy atom. The van der Waals surface area contributed by atoms with Crippen LogP contribution in [0.5, 0.6) is 0 Å². The summed E-state index contributed by atoms with van der Waals surface area (Å²) in [7, 11) is 6.23. The maximum absolute atomic E-state index is 13.4. The summed E-state index contributed by atoms with van der Waals surface area (Å²) in [6, 6.07) is 7.10. The summed E-state index contributed by atoms with van der Waals surface area (Å²) < 4.78 is 21.8. The Morgan fingerprint density at radius 1 is 0.375 bits per heavy atom. The Balaban J connectivity index is 0.000000124. The van der Waals surface area contributed by atoms with Crippen molar-refractivity contribution >= 4 is 29.5 Å². The number of rotatable bonds is 27. The molecule has 21 rings (SSSR count). The van der Waals surface area contributed by atoms with Crippen molar-refractivity contribution in [2.75, 3.05) is 165 Å². The number of carbonyl (C=O) groups excluding carboxylic acids is 5. The first kappa shape index (κ1) is 107. The molecule has 16 heterocycles. The fourth-order valence-electron chi connectivity index (χ4n) is 26.2. The summed E-state index contributed by atoms with van der Waals surface area (Å²) in [5.74, 6) is 1.51. The van der Waals surface area contributed by atoms with Gasteiger partial charge in [-0.25, -0.2) is 4.98 Å². The first-order valence-electron chi connectivity index (χ1n) is 57.8. The topological polar surface area (TPSA) is 270 Å². The number of likely N-dealkylation sites (tertiary alicyclic amines) is 7. The van der Waals surface area contributed by atoms with Gasteiger partial charge in [-0.3, -0.25) is 76.9 Å². The lowest BCUT2D eigenvalue weighted by atomic mass is 9.83. The van der Waals surface area contributed by atoms with Gasteiger partial charge in [0.1, 0.15) is 0 Å². The first-order chi connectivity index (χ1) is 70.5. The van der Waals surface area contributed by atoms with Gasteiger partial charge in [-0.1, -0.05) is 34.6 Å². The second-order valence-corrected chi connectivity index (χ2v) is 44.4. The smallest absolute Gasteiger partial charge is 0.274 e. The lowest BCUT2D eigenvalue weighted by Gasteiger charge is -2.41. The molecule has 5 unspecified atom stereocenters. The fourth-order valence-corrected chi connectivity index (χ4v) is 26.2. The predicted octanol–water partition coefficient (Wildman–Crippen LogP) is 14.6. The average molecular weight is 1980 g/mol. The van der Waals surface area contributed by atoms with Gasteiger partial charge in [-0.2, -0.15) is 25.5 Å². The highest BCUT2D eigenvalue weighted by molar-refractivity contribution is 5.97. The van der Waals surface area contributed by atoms with Crippen molar-refractivity contribution in [1.29, 1.82) is 0 Å². The first-order valence-corrected chi connectivity index (χ1v) is 57.8. The molecule has 0 aromatic carbocycles. The maximum Gasteiger partial charge on any atom is 0.274 e. The zero-order valence-corrected chi connectivity index (χ0v) is 89.6. The molecule has 0 radical (unpaired) electrons.